The van der Waals surface area contributed by atoms with Gasteiger partial charge in [0.15, 0.2) is 5.75 Å². The van der Waals surface area contributed by atoms with Gasteiger partial charge in [-0.05, 0) is 116 Å². The van der Waals surface area contributed by atoms with Crippen molar-refractivity contribution in [3.05, 3.63) is 111 Å². The lowest BCUT2D eigenvalue weighted by atomic mass is 10.1. The number of nitrogens with one attached hydrogen (secondary N) is 1. The number of amides is 1. The number of allylic oxidation sites excluding steroid dienone is 6. The molecule has 0 fully saturated rings. The molecule has 3 rings (SSSR count). The van der Waals surface area contributed by atoms with Crippen LogP contribution in [0.5, 0.6) is 11.5 Å². The molecule has 0 saturated heterocycles. The van der Waals surface area contributed by atoms with E-state index in [1.54, 1.807) is 16.7 Å². The molecule has 0 aliphatic heterocycles. The Bertz CT molecular complexity index is 1670. The van der Waals surface area contributed by atoms with Crippen LogP contribution in [-0.4, -0.2) is 23.7 Å². The summed E-state index contributed by atoms with van der Waals surface area (Å²) in [5.74, 6) is 0.455. The molecule has 0 bridgehead atoms. The second-order valence-electron chi connectivity index (χ2n) is 13.1. The predicted octanol–water partition coefficient (Wildman–Crippen LogP) is 11.0. The van der Waals surface area contributed by atoms with Gasteiger partial charge in [-0.2, -0.15) is 0 Å². The van der Waals surface area contributed by atoms with Crippen LogP contribution in [0.4, 0.5) is 5.69 Å². The van der Waals surface area contributed by atoms with Crippen molar-refractivity contribution in [1.29, 1.82) is 0 Å². The first-order valence-corrected chi connectivity index (χ1v) is 17.5. The van der Waals surface area contributed by atoms with Gasteiger partial charge in [0.1, 0.15) is 13.2 Å². The standard InChI is InChI=1S/C42H56N2O4/c1-8-9-10-14-27-44-38-30-36(43-41(45)35-21-12-11-13-22-35)23-24-37(38)39(47-28-25-33(6)19-15-17-31(2)3)40(42(44)46)48-29-26-34(7)20-16-18-32(4)5/h11-13,17-18,21-26,30H,8-10,14-16,19-20,27-29H2,1-7H3,(H,43,45). The Morgan fingerprint density at radius 1 is 0.750 bits per heavy atom. The Hall–Kier alpha value is -4.32. The van der Waals surface area contributed by atoms with Crippen molar-refractivity contribution in [2.24, 2.45) is 0 Å². The molecule has 258 valence electrons. The number of rotatable bonds is 19. The van der Waals surface area contributed by atoms with Gasteiger partial charge < -0.3 is 19.4 Å². The molecule has 48 heavy (non-hydrogen) atoms. The number of nitrogens with zero attached hydrogens (tertiary/aromatic N) is 1. The molecule has 3 aromatic rings. The first-order chi connectivity index (χ1) is 23.1. The number of anilines is 1. The molecule has 0 radical (unpaired) electrons. The third kappa shape index (κ3) is 12.4. The van der Waals surface area contributed by atoms with Crippen LogP contribution in [0.1, 0.15) is 110 Å². The van der Waals surface area contributed by atoms with Gasteiger partial charge in [-0.25, -0.2) is 0 Å². The fourth-order valence-electron chi connectivity index (χ4n) is 5.37. The molecule has 0 aliphatic carbocycles. The van der Waals surface area contributed by atoms with Crippen molar-refractivity contribution in [2.45, 2.75) is 106 Å². The maximum Gasteiger partial charge on any atom is 0.297 e. The smallest absolute Gasteiger partial charge is 0.297 e. The van der Waals surface area contributed by atoms with Gasteiger partial charge in [0, 0.05) is 23.2 Å². The molecule has 0 saturated carbocycles. The van der Waals surface area contributed by atoms with Gasteiger partial charge in [-0.1, -0.05) is 78.8 Å². The van der Waals surface area contributed by atoms with E-state index in [-0.39, 0.29) is 23.8 Å². The maximum atomic E-state index is 14.3. The summed E-state index contributed by atoms with van der Waals surface area (Å²) in [4.78, 5) is 27.3. The lowest BCUT2D eigenvalue weighted by Crippen LogP contribution is -2.24. The summed E-state index contributed by atoms with van der Waals surface area (Å²) < 4.78 is 14.5. The first-order valence-electron chi connectivity index (χ1n) is 17.5. The Kier molecular flexibility index (Phi) is 16.0. The van der Waals surface area contributed by atoms with Crippen LogP contribution in [-0.2, 0) is 6.54 Å². The molecule has 0 unspecified atom stereocenters. The number of pyridine rings is 1. The highest BCUT2D eigenvalue weighted by Gasteiger charge is 2.20. The van der Waals surface area contributed by atoms with Crippen LogP contribution < -0.4 is 20.3 Å². The zero-order valence-electron chi connectivity index (χ0n) is 30.3. The van der Waals surface area contributed by atoms with Gasteiger partial charge in [-0.3, -0.25) is 9.59 Å². The topological polar surface area (TPSA) is 69.6 Å². The number of carbonyl (C=O) groups excluding carboxylic acids is 1. The molecular formula is C42H56N2O4. The quantitative estimate of drug-likeness (QED) is 0.103. The zero-order chi connectivity index (χ0) is 34.9. The van der Waals surface area contributed by atoms with Crippen LogP contribution in [0.2, 0.25) is 0 Å². The van der Waals surface area contributed by atoms with Crippen molar-refractivity contribution < 1.29 is 14.3 Å². The van der Waals surface area contributed by atoms with Crippen LogP contribution in [0, 0.1) is 0 Å². The summed E-state index contributed by atoms with van der Waals surface area (Å²) in [5, 5.41) is 3.79. The normalized spacial score (nSPS) is 11.7. The van der Waals surface area contributed by atoms with Gasteiger partial charge in [0.2, 0.25) is 5.75 Å². The number of hydrogen-bond acceptors (Lipinski definition) is 4. The van der Waals surface area contributed by atoms with Crippen LogP contribution in [0.3, 0.4) is 0 Å². The number of ether oxygens (including phenoxy) is 2. The molecule has 6 nitrogen and oxygen atoms in total. The maximum absolute atomic E-state index is 14.3. The summed E-state index contributed by atoms with van der Waals surface area (Å²) in [6.07, 6.45) is 16.5. The average Bonchev–Trinajstić information content (AvgIpc) is 3.05. The molecule has 0 atom stereocenters. The lowest BCUT2D eigenvalue weighted by molar-refractivity contribution is 0.102. The van der Waals surface area contributed by atoms with E-state index in [0.717, 1.165) is 56.8 Å². The molecule has 1 aromatic heterocycles. The molecule has 1 N–H and O–H groups in total. The van der Waals surface area contributed by atoms with E-state index in [1.165, 1.54) is 22.3 Å². The molecule has 1 amide bonds. The Morgan fingerprint density at radius 3 is 1.94 bits per heavy atom. The second-order valence-corrected chi connectivity index (χ2v) is 13.1. The summed E-state index contributed by atoms with van der Waals surface area (Å²) in [6, 6.07) is 14.8. The summed E-state index contributed by atoms with van der Waals surface area (Å²) in [6.45, 7) is 16.0. The predicted molar refractivity (Wildman–Crippen MR) is 203 cm³/mol. The van der Waals surface area contributed by atoms with Crippen molar-refractivity contribution in [1.82, 2.24) is 4.57 Å². The summed E-state index contributed by atoms with van der Waals surface area (Å²) in [7, 11) is 0. The van der Waals surface area contributed by atoms with E-state index in [9.17, 15) is 9.59 Å². The van der Waals surface area contributed by atoms with E-state index in [2.05, 4.69) is 72.0 Å². The number of unbranched alkanes of at least 4 members (excludes halogenated alkanes) is 3. The Labute approximate surface area is 288 Å². The number of fused-ring (bicyclic) bond motifs is 1. The van der Waals surface area contributed by atoms with Gasteiger partial charge in [0.25, 0.3) is 11.5 Å². The SMILES string of the molecule is CCCCCCn1c(=O)c(OCC=C(C)CCC=C(C)C)c(OCC=C(C)CCC=C(C)C)c2ccc(NC(=O)c3ccccc3)cc21. The number of aryl methyl sites for hydroxylation is 1. The van der Waals surface area contributed by atoms with E-state index in [4.69, 9.17) is 9.47 Å². The first kappa shape index (κ1) is 38.1. The number of benzene rings is 2. The van der Waals surface area contributed by atoms with Gasteiger partial charge >= 0.3 is 0 Å². The minimum Gasteiger partial charge on any atom is -0.485 e. The lowest BCUT2D eigenvalue weighted by Gasteiger charge is -2.19. The molecule has 6 heteroatoms. The van der Waals surface area contributed by atoms with Crippen molar-refractivity contribution >= 4 is 22.5 Å². The summed E-state index contributed by atoms with van der Waals surface area (Å²) in [5.41, 5.74) is 6.72. The number of aromatic nitrogens is 1. The van der Waals surface area contributed by atoms with Gasteiger partial charge in [-0.15, -0.1) is 0 Å². The van der Waals surface area contributed by atoms with E-state index in [0.29, 0.717) is 35.7 Å². The van der Waals surface area contributed by atoms with Crippen LogP contribution in [0.15, 0.2) is 99.9 Å². The fourth-order valence-corrected chi connectivity index (χ4v) is 5.37. The number of carbonyl (C=O) groups is 1. The van der Waals surface area contributed by atoms with Crippen LogP contribution in [0.25, 0.3) is 10.9 Å². The summed E-state index contributed by atoms with van der Waals surface area (Å²) >= 11 is 0. The van der Waals surface area contributed by atoms with Crippen molar-refractivity contribution in [2.75, 3.05) is 18.5 Å². The van der Waals surface area contributed by atoms with Crippen molar-refractivity contribution in [3.63, 3.8) is 0 Å². The van der Waals surface area contributed by atoms with E-state index < -0.39 is 0 Å². The highest BCUT2D eigenvalue weighted by molar-refractivity contribution is 6.05. The zero-order valence-corrected chi connectivity index (χ0v) is 30.3. The second kappa shape index (κ2) is 20.1. The van der Waals surface area contributed by atoms with Gasteiger partial charge in [0.05, 0.1) is 5.52 Å². The Balaban J connectivity index is 2.04. The largest absolute Gasteiger partial charge is 0.485 e. The highest BCUT2D eigenvalue weighted by Crippen LogP contribution is 2.35. The number of hydrogen-bond donors (Lipinski definition) is 1. The third-order valence-corrected chi connectivity index (χ3v) is 8.21. The minimum absolute atomic E-state index is 0.205. The monoisotopic (exact) mass is 652 g/mol. The average molecular weight is 653 g/mol. The molecule has 0 spiro atoms. The molecule has 2 aromatic carbocycles. The van der Waals surface area contributed by atoms with Crippen molar-refractivity contribution in [3.8, 4) is 11.5 Å². The fraction of sp³-hybridized carbons (Fsp3) is 0.429. The highest BCUT2D eigenvalue weighted by atomic mass is 16.5. The third-order valence-electron chi connectivity index (χ3n) is 8.21. The minimum atomic E-state index is -0.222. The molecule has 1 heterocycles. The Morgan fingerprint density at radius 2 is 1.35 bits per heavy atom. The molecular weight excluding hydrogens is 596 g/mol. The van der Waals surface area contributed by atoms with Crippen LogP contribution >= 0.6 is 0 Å². The van der Waals surface area contributed by atoms with E-state index in [1.807, 2.05) is 42.5 Å². The molecule has 0 aliphatic rings. The van der Waals surface area contributed by atoms with E-state index >= 15 is 0 Å².